The molecule has 2 amide bonds. The number of carbonyl (C=O) groups excluding carboxylic acids is 2. The Morgan fingerprint density at radius 3 is 2.35 bits per heavy atom. The number of sulfonamides is 1. The Morgan fingerprint density at radius 1 is 1.00 bits per heavy atom. The van der Waals surface area contributed by atoms with E-state index in [1.165, 1.54) is 49.5 Å². The molecule has 0 spiro atoms. The first-order valence-electron chi connectivity index (χ1n) is 14.9. The first-order chi connectivity index (χ1) is 21.9. The molecule has 3 aromatic carbocycles. The van der Waals surface area contributed by atoms with Crippen molar-refractivity contribution in [3.05, 3.63) is 82.4 Å². The van der Waals surface area contributed by atoms with Crippen LogP contribution in [-0.2, 0) is 31.6 Å². The number of carbonyl (C=O) groups is 2. The lowest BCUT2D eigenvalue weighted by atomic mass is 9.81. The molecule has 2 heterocycles. The van der Waals surface area contributed by atoms with Crippen molar-refractivity contribution in [3.63, 3.8) is 0 Å². The number of hydrogen-bond donors (Lipinski definition) is 0. The van der Waals surface area contributed by atoms with Crippen molar-refractivity contribution >= 4 is 39.3 Å². The van der Waals surface area contributed by atoms with Gasteiger partial charge in [-0.2, -0.15) is 0 Å². The third kappa shape index (κ3) is 5.68. The zero-order valence-electron chi connectivity index (χ0n) is 26.8. The van der Waals surface area contributed by atoms with E-state index < -0.39 is 33.8 Å². The topological polar surface area (TPSA) is 109 Å². The highest BCUT2D eigenvalue weighted by molar-refractivity contribution is 7.93. The van der Waals surface area contributed by atoms with Gasteiger partial charge < -0.3 is 24.0 Å². The summed E-state index contributed by atoms with van der Waals surface area (Å²) in [5, 5.41) is 0.306. The number of nitrogens with zero attached hydrogens (tertiary/aromatic N) is 4. The molecular weight excluding hydrogens is 632 g/mol. The van der Waals surface area contributed by atoms with Gasteiger partial charge in [0, 0.05) is 43.3 Å². The van der Waals surface area contributed by atoms with Crippen molar-refractivity contribution in [3.8, 4) is 11.5 Å². The van der Waals surface area contributed by atoms with Crippen LogP contribution in [0.15, 0.2) is 65.6 Å². The average Bonchev–Trinajstić information content (AvgIpc) is 3.60. The highest BCUT2D eigenvalue weighted by Gasteiger charge is 2.63. The van der Waals surface area contributed by atoms with Crippen LogP contribution in [0.2, 0.25) is 5.02 Å². The summed E-state index contributed by atoms with van der Waals surface area (Å²) in [6, 6.07) is 16.1. The standard InChI is InChI=1S/C33H39ClN4O7S/c1-7-36(4)21-22-10-16-26(29(19-22)44-6)33(37-18-8-9-30(37)45-32(40)35(2)3)27-20-23(34)11-17-28(27)38(31(33)39)46(41,42)25-14-12-24(43-5)13-15-25/h10-17,19-20,30H,7-9,18,21H2,1-6H3/t30-,33?/m0/s1. The van der Waals surface area contributed by atoms with Gasteiger partial charge in [-0.25, -0.2) is 22.4 Å². The van der Waals surface area contributed by atoms with E-state index in [0.717, 1.165) is 16.4 Å². The molecule has 0 aliphatic carbocycles. The zero-order chi connectivity index (χ0) is 33.4. The first kappa shape index (κ1) is 33.5. The molecule has 2 aliphatic rings. The molecule has 13 heteroatoms. The minimum Gasteiger partial charge on any atom is -0.497 e. The number of methoxy groups -OCH3 is 2. The van der Waals surface area contributed by atoms with E-state index in [2.05, 4.69) is 11.8 Å². The molecule has 46 heavy (non-hydrogen) atoms. The van der Waals surface area contributed by atoms with Gasteiger partial charge in [0.15, 0.2) is 11.8 Å². The number of ether oxygens (including phenoxy) is 3. The Bertz CT molecular complexity index is 1730. The summed E-state index contributed by atoms with van der Waals surface area (Å²) in [4.78, 5) is 33.3. The predicted molar refractivity (Wildman–Crippen MR) is 175 cm³/mol. The summed E-state index contributed by atoms with van der Waals surface area (Å²) in [7, 11) is 3.69. The van der Waals surface area contributed by atoms with Crippen molar-refractivity contribution in [2.24, 2.45) is 0 Å². The smallest absolute Gasteiger partial charge is 0.410 e. The summed E-state index contributed by atoms with van der Waals surface area (Å²) in [5.41, 5.74) is 0.0511. The lowest BCUT2D eigenvalue weighted by Crippen LogP contribution is -2.57. The van der Waals surface area contributed by atoms with Gasteiger partial charge in [-0.3, -0.25) is 4.79 Å². The number of likely N-dealkylation sites (tertiary alicyclic amines) is 1. The lowest BCUT2D eigenvalue weighted by Gasteiger charge is -2.41. The molecule has 0 aromatic heterocycles. The fourth-order valence-corrected chi connectivity index (χ4v) is 7.78. The van der Waals surface area contributed by atoms with Crippen molar-refractivity contribution in [2.45, 2.75) is 43.0 Å². The molecule has 0 radical (unpaired) electrons. The van der Waals surface area contributed by atoms with Gasteiger partial charge >= 0.3 is 6.09 Å². The molecule has 0 N–H and O–H groups in total. The quantitative estimate of drug-likeness (QED) is 0.297. The molecule has 0 bridgehead atoms. The van der Waals surface area contributed by atoms with Crippen LogP contribution in [0, 0.1) is 0 Å². The fourth-order valence-electron chi connectivity index (χ4n) is 6.15. The molecule has 1 unspecified atom stereocenters. The molecule has 5 rings (SSSR count). The maximum Gasteiger partial charge on any atom is 0.410 e. The summed E-state index contributed by atoms with van der Waals surface area (Å²) < 4.78 is 46.8. The summed E-state index contributed by atoms with van der Waals surface area (Å²) in [6.45, 7) is 3.83. The zero-order valence-corrected chi connectivity index (χ0v) is 28.4. The number of benzene rings is 3. The summed E-state index contributed by atoms with van der Waals surface area (Å²) in [5.74, 6) is 0.0917. The number of anilines is 1. The Labute approximate surface area is 275 Å². The molecule has 2 atom stereocenters. The number of fused-ring (bicyclic) bond motifs is 1. The van der Waals surface area contributed by atoms with Gasteiger partial charge in [0.2, 0.25) is 0 Å². The highest BCUT2D eigenvalue weighted by Crippen LogP contribution is 2.55. The third-order valence-corrected chi connectivity index (χ3v) is 10.5. The monoisotopic (exact) mass is 670 g/mol. The van der Waals surface area contributed by atoms with Crippen molar-refractivity contribution in [1.82, 2.24) is 14.7 Å². The van der Waals surface area contributed by atoms with E-state index in [9.17, 15) is 13.2 Å². The van der Waals surface area contributed by atoms with Gasteiger partial charge in [0.25, 0.3) is 15.9 Å². The van der Waals surface area contributed by atoms with E-state index >= 15 is 4.79 Å². The molecule has 246 valence electrons. The van der Waals surface area contributed by atoms with Gasteiger partial charge in [0.1, 0.15) is 11.5 Å². The third-order valence-electron chi connectivity index (χ3n) is 8.54. The second-order valence-electron chi connectivity index (χ2n) is 11.6. The van der Waals surface area contributed by atoms with Crippen LogP contribution >= 0.6 is 11.6 Å². The maximum absolute atomic E-state index is 15.3. The minimum absolute atomic E-state index is 0.0970. The van der Waals surface area contributed by atoms with E-state index in [1.807, 2.05) is 19.2 Å². The SMILES string of the molecule is CCN(C)Cc1ccc(C2(N3CCC[C@@H]3OC(=O)N(C)C)C(=O)N(S(=O)(=O)c3ccc(OC)cc3)c3ccc(Cl)cc32)c(OC)c1. The van der Waals surface area contributed by atoms with Crippen LogP contribution in [0.1, 0.15) is 36.5 Å². The van der Waals surface area contributed by atoms with Gasteiger partial charge in [-0.1, -0.05) is 30.7 Å². The lowest BCUT2D eigenvalue weighted by molar-refractivity contribution is -0.132. The van der Waals surface area contributed by atoms with E-state index in [0.29, 0.717) is 53.6 Å². The molecule has 0 saturated carbocycles. The Morgan fingerprint density at radius 2 is 1.72 bits per heavy atom. The Hall–Kier alpha value is -3.84. The Kier molecular flexibility index (Phi) is 9.55. The second kappa shape index (κ2) is 13.1. The fraction of sp³-hybridized carbons (Fsp3) is 0.394. The second-order valence-corrected chi connectivity index (χ2v) is 13.8. The number of hydrogen-bond acceptors (Lipinski definition) is 9. The Balaban J connectivity index is 1.79. The van der Waals surface area contributed by atoms with E-state index in [-0.39, 0.29) is 10.6 Å². The molecule has 1 saturated heterocycles. The summed E-state index contributed by atoms with van der Waals surface area (Å²) in [6.07, 6.45) is -0.429. The highest BCUT2D eigenvalue weighted by atomic mass is 35.5. The maximum atomic E-state index is 15.3. The van der Waals surface area contributed by atoms with Crippen molar-refractivity contribution in [2.75, 3.05) is 52.8 Å². The first-order valence-corrected chi connectivity index (χ1v) is 16.8. The molecule has 2 aliphatic heterocycles. The normalized spacial score (nSPS) is 19.8. The van der Waals surface area contributed by atoms with Crippen molar-refractivity contribution < 1.29 is 32.2 Å². The van der Waals surface area contributed by atoms with Crippen LogP contribution in [0.5, 0.6) is 11.5 Å². The molecule has 11 nitrogen and oxygen atoms in total. The largest absolute Gasteiger partial charge is 0.497 e. The number of rotatable bonds is 10. The van der Waals surface area contributed by atoms with E-state index in [4.69, 9.17) is 25.8 Å². The van der Waals surface area contributed by atoms with Crippen LogP contribution in [0.25, 0.3) is 0 Å². The van der Waals surface area contributed by atoms with Crippen LogP contribution in [0.3, 0.4) is 0 Å². The number of amides is 2. The molecule has 3 aromatic rings. The van der Waals surface area contributed by atoms with E-state index in [1.54, 1.807) is 37.2 Å². The van der Waals surface area contributed by atoms with Crippen molar-refractivity contribution in [1.29, 1.82) is 0 Å². The van der Waals surface area contributed by atoms with Gasteiger partial charge in [-0.05, 0) is 80.5 Å². The molecule has 1 fully saturated rings. The van der Waals surface area contributed by atoms with Gasteiger partial charge in [0.05, 0.1) is 24.8 Å². The molecular formula is C33H39ClN4O7S. The van der Waals surface area contributed by atoms with Crippen LogP contribution < -0.4 is 13.8 Å². The number of halogens is 1. The predicted octanol–water partition coefficient (Wildman–Crippen LogP) is 4.91. The minimum atomic E-state index is -4.45. The average molecular weight is 671 g/mol. The van der Waals surface area contributed by atoms with Gasteiger partial charge in [-0.15, -0.1) is 0 Å². The van der Waals surface area contributed by atoms with Crippen LogP contribution in [-0.4, -0.2) is 89.8 Å². The summed E-state index contributed by atoms with van der Waals surface area (Å²) >= 11 is 6.60. The van der Waals surface area contributed by atoms with Crippen LogP contribution in [0.4, 0.5) is 10.5 Å².